The Bertz CT molecular complexity index is 928. The maximum atomic E-state index is 12.1. The van der Waals surface area contributed by atoms with Crippen molar-refractivity contribution in [2.24, 2.45) is 0 Å². The van der Waals surface area contributed by atoms with E-state index in [2.05, 4.69) is 27.3 Å². The normalized spacial score (nSPS) is 21.3. The highest BCUT2D eigenvalue weighted by atomic mass is 79.9. The van der Waals surface area contributed by atoms with Crippen LogP contribution < -0.4 is 11.1 Å². The summed E-state index contributed by atoms with van der Waals surface area (Å²) in [6.45, 7) is 3.57. The van der Waals surface area contributed by atoms with Gasteiger partial charge in [-0.3, -0.25) is 0 Å². The number of dihydropyridines is 1. The molecule has 5 nitrogen and oxygen atoms in total. The van der Waals surface area contributed by atoms with Crippen LogP contribution in [0, 0.1) is 0 Å². The molecule has 7 heteroatoms. The van der Waals surface area contributed by atoms with Crippen molar-refractivity contribution >= 4 is 44.9 Å². The molecule has 3 aliphatic rings. The van der Waals surface area contributed by atoms with E-state index >= 15 is 0 Å². The summed E-state index contributed by atoms with van der Waals surface area (Å²) in [5.41, 5.74) is 13.2. The van der Waals surface area contributed by atoms with Crippen molar-refractivity contribution in [2.75, 3.05) is 25.4 Å². The van der Waals surface area contributed by atoms with Gasteiger partial charge in [0.05, 0.1) is 23.4 Å². The predicted octanol–water partition coefficient (Wildman–Crippen LogP) is 5.01. The Balaban J connectivity index is 1.75. The summed E-state index contributed by atoms with van der Waals surface area (Å²) in [6.07, 6.45) is 7.53. The number of carbonyl (C=O) groups excluding carboxylic acids is 1. The Labute approximate surface area is 184 Å². The third kappa shape index (κ3) is 4.05. The lowest BCUT2D eigenvalue weighted by molar-refractivity contribution is 0.104. The van der Waals surface area contributed by atoms with E-state index in [0.29, 0.717) is 30.4 Å². The van der Waals surface area contributed by atoms with Gasteiger partial charge in [0.15, 0.2) is 0 Å². The zero-order chi connectivity index (χ0) is 20.5. The lowest BCUT2D eigenvalue weighted by Crippen LogP contribution is -2.38. The number of nitrogens with one attached hydrogen (secondary N) is 1. The van der Waals surface area contributed by atoms with Crippen molar-refractivity contribution in [3.63, 3.8) is 0 Å². The highest BCUT2D eigenvalue weighted by molar-refractivity contribution is 9.11. The van der Waals surface area contributed by atoms with E-state index in [9.17, 15) is 4.79 Å². The summed E-state index contributed by atoms with van der Waals surface area (Å²) < 4.78 is 6.22. The average Bonchev–Trinajstić information content (AvgIpc) is 2.85. The van der Waals surface area contributed by atoms with Crippen molar-refractivity contribution in [3.05, 3.63) is 56.2 Å². The number of anilines is 1. The number of nitrogens with zero attached hydrogens (tertiary/aromatic N) is 1. The van der Waals surface area contributed by atoms with Gasteiger partial charge < -0.3 is 20.7 Å². The molecule has 1 atom stereocenters. The van der Waals surface area contributed by atoms with E-state index in [-0.39, 0.29) is 12.1 Å². The molecule has 1 aromatic rings. The fraction of sp³-hybridized carbons (Fsp3) is 0.409. The van der Waals surface area contributed by atoms with Gasteiger partial charge >= 0.3 is 6.09 Å². The zero-order valence-corrected chi connectivity index (χ0v) is 18.8. The Hall–Kier alpha value is -1.92. The van der Waals surface area contributed by atoms with Gasteiger partial charge in [-0.1, -0.05) is 17.2 Å². The number of rotatable bonds is 1. The number of ether oxygens (including phenoxy) is 1. The van der Waals surface area contributed by atoms with Crippen molar-refractivity contribution in [1.82, 2.24) is 10.2 Å². The second-order valence-corrected chi connectivity index (χ2v) is 8.91. The minimum Gasteiger partial charge on any atom is -0.450 e. The summed E-state index contributed by atoms with van der Waals surface area (Å²) in [6, 6.07) is 4.15. The topological polar surface area (TPSA) is 67.6 Å². The van der Waals surface area contributed by atoms with Gasteiger partial charge in [-0.05, 0) is 89.0 Å². The zero-order valence-electron chi connectivity index (χ0n) is 16.4. The fourth-order valence-electron chi connectivity index (χ4n) is 4.42. The number of nitrogens with two attached hydrogens (primary N) is 1. The Morgan fingerprint density at radius 1 is 1.31 bits per heavy atom. The van der Waals surface area contributed by atoms with Crippen LogP contribution in [-0.2, 0) is 11.2 Å². The number of likely N-dealkylation sites (tertiary alicyclic amines) is 1. The molecule has 0 spiro atoms. The third-order valence-electron chi connectivity index (χ3n) is 5.84. The van der Waals surface area contributed by atoms with E-state index in [0.717, 1.165) is 30.2 Å². The van der Waals surface area contributed by atoms with Crippen LogP contribution in [0.1, 0.15) is 37.3 Å². The number of piperidine rings is 1. The van der Waals surface area contributed by atoms with Gasteiger partial charge in [0.1, 0.15) is 0 Å². The largest absolute Gasteiger partial charge is 0.450 e. The first-order valence-corrected chi connectivity index (χ1v) is 11.2. The van der Waals surface area contributed by atoms with Crippen LogP contribution in [0.3, 0.4) is 0 Å². The smallest absolute Gasteiger partial charge is 0.409 e. The molecule has 0 aromatic heterocycles. The van der Waals surface area contributed by atoms with Crippen molar-refractivity contribution in [1.29, 1.82) is 0 Å². The number of aryl methyl sites for hydroxylation is 1. The molecule has 4 rings (SSSR count). The van der Waals surface area contributed by atoms with Gasteiger partial charge in [-0.15, -0.1) is 0 Å². The molecule has 1 unspecified atom stereocenters. The maximum absolute atomic E-state index is 12.1. The molecule has 154 valence electrons. The molecule has 1 saturated heterocycles. The molecular formula is C22H25BrClN3O2. The monoisotopic (exact) mass is 477 g/mol. The first kappa shape index (κ1) is 20.4. The molecule has 3 N–H and O–H groups in total. The number of hydrogen-bond donors (Lipinski definition) is 2. The quantitative estimate of drug-likeness (QED) is 0.557. The van der Waals surface area contributed by atoms with Crippen molar-refractivity contribution in [3.8, 4) is 0 Å². The molecule has 2 aliphatic heterocycles. The summed E-state index contributed by atoms with van der Waals surface area (Å²) in [4.78, 5) is 13.9. The molecule has 0 radical (unpaired) electrons. The average molecular weight is 479 g/mol. The Morgan fingerprint density at radius 2 is 2.07 bits per heavy atom. The van der Waals surface area contributed by atoms with Crippen LogP contribution in [0.4, 0.5) is 10.5 Å². The Kier molecular flexibility index (Phi) is 5.93. The molecule has 29 heavy (non-hydrogen) atoms. The summed E-state index contributed by atoms with van der Waals surface area (Å²) >= 11 is 9.94. The van der Waals surface area contributed by atoms with Crippen LogP contribution in [0.15, 0.2) is 40.0 Å². The van der Waals surface area contributed by atoms with Crippen LogP contribution in [0.2, 0.25) is 5.02 Å². The van der Waals surface area contributed by atoms with Crippen molar-refractivity contribution < 1.29 is 9.53 Å². The second kappa shape index (κ2) is 8.44. The number of hydrogen-bond acceptors (Lipinski definition) is 4. The van der Waals surface area contributed by atoms with Crippen molar-refractivity contribution in [2.45, 2.75) is 38.6 Å². The van der Waals surface area contributed by atoms with Gasteiger partial charge in [-0.25, -0.2) is 4.79 Å². The van der Waals surface area contributed by atoms with Crippen LogP contribution in [0.25, 0.3) is 5.57 Å². The molecule has 2 heterocycles. The number of allylic oxidation sites excluding steroid dienone is 2. The van der Waals surface area contributed by atoms with Crippen LogP contribution in [-0.4, -0.2) is 36.7 Å². The first-order valence-electron chi connectivity index (χ1n) is 10.0. The maximum Gasteiger partial charge on any atom is 0.409 e. The van der Waals surface area contributed by atoms with E-state index in [1.165, 1.54) is 27.8 Å². The summed E-state index contributed by atoms with van der Waals surface area (Å²) in [7, 11) is 0. The minimum absolute atomic E-state index is 0.113. The number of halogens is 2. The molecule has 1 aromatic carbocycles. The molecule has 0 bridgehead atoms. The number of carbonyl (C=O) groups is 1. The highest BCUT2D eigenvalue weighted by Gasteiger charge is 2.32. The highest BCUT2D eigenvalue weighted by Crippen LogP contribution is 2.41. The minimum atomic E-state index is -0.225. The van der Waals surface area contributed by atoms with Crippen LogP contribution >= 0.6 is 27.5 Å². The number of fused-ring (bicyclic) bond motifs is 2. The fourth-order valence-corrected chi connectivity index (χ4v) is 5.03. The molecule has 0 saturated carbocycles. The summed E-state index contributed by atoms with van der Waals surface area (Å²) in [5, 5.41) is 4.18. The first-order chi connectivity index (χ1) is 14.0. The van der Waals surface area contributed by atoms with E-state index in [1.54, 1.807) is 4.90 Å². The van der Waals surface area contributed by atoms with Gasteiger partial charge in [-0.2, -0.15) is 0 Å². The van der Waals surface area contributed by atoms with Gasteiger partial charge in [0.25, 0.3) is 0 Å². The second-order valence-electron chi connectivity index (χ2n) is 7.58. The summed E-state index contributed by atoms with van der Waals surface area (Å²) in [5.74, 6) is 0. The van der Waals surface area contributed by atoms with E-state index in [1.807, 2.05) is 25.3 Å². The van der Waals surface area contributed by atoms with E-state index in [4.69, 9.17) is 22.1 Å². The number of amides is 1. The van der Waals surface area contributed by atoms with Gasteiger partial charge in [0, 0.05) is 23.8 Å². The molecule has 1 amide bonds. The molecular weight excluding hydrogens is 454 g/mol. The number of nitrogen functional groups attached to an aromatic ring is 1. The standard InChI is InChI=1S/C22H25BrClN3O2/c1-2-29-22(28)27-7-5-13(6-8-27)20-17-11-19(25)18(24)10-14(17)3-4-15-9-16(23)12-26-21(15)20/h9-12,21,26H,2-8,25H2,1H3. The van der Waals surface area contributed by atoms with Gasteiger partial charge in [0.2, 0.25) is 0 Å². The Morgan fingerprint density at radius 3 is 2.79 bits per heavy atom. The predicted molar refractivity (Wildman–Crippen MR) is 121 cm³/mol. The molecule has 1 fully saturated rings. The third-order valence-corrected chi connectivity index (χ3v) is 6.63. The SMILES string of the molecule is CCOC(=O)N1CCC(=C2c3cc(N)c(Cl)cc3CCC3=CC(Br)=CNC32)CC1. The van der Waals surface area contributed by atoms with E-state index < -0.39 is 0 Å². The van der Waals surface area contributed by atoms with Crippen LogP contribution in [0.5, 0.6) is 0 Å². The lowest BCUT2D eigenvalue weighted by Gasteiger charge is -2.33. The molecule has 1 aliphatic carbocycles. The number of benzene rings is 1. The lowest BCUT2D eigenvalue weighted by atomic mass is 9.84.